The fourth-order valence-corrected chi connectivity index (χ4v) is 3.04. The van der Waals surface area contributed by atoms with Crippen molar-refractivity contribution in [1.82, 2.24) is 14.8 Å². The van der Waals surface area contributed by atoms with E-state index in [0.717, 1.165) is 6.20 Å². The molecular formula is C12H12ClFN4O3. The van der Waals surface area contributed by atoms with E-state index in [9.17, 15) is 14.0 Å². The molecule has 3 N–H and O–H groups in total. The number of pyridine rings is 1. The summed E-state index contributed by atoms with van der Waals surface area (Å²) in [7, 11) is 0. The first-order valence-electron chi connectivity index (χ1n) is 6.31. The molecule has 3 heterocycles. The number of halogens is 2. The van der Waals surface area contributed by atoms with Crippen molar-refractivity contribution in [3.63, 3.8) is 0 Å². The van der Waals surface area contributed by atoms with Gasteiger partial charge in [-0.2, -0.15) is 0 Å². The van der Waals surface area contributed by atoms with Gasteiger partial charge >= 0.3 is 6.09 Å². The average Bonchev–Trinajstić information content (AvgIpc) is 2.73. The fraction of sp³-hybridized carbons (Fsp3) is 0.417. The zero-order valence-electron chi connectivity index (χ0n) is 10.8. The van der Waals surface area contributed by atoms with Crippen molar-refractivity contribution in [1.29, 1.82) is 0 Å². The van der Waals surface area contributed by atoms with Gasteiger partial charge in [0.15, 0.2) is 11.0 Å². The van der Waals surface area contributed by atoms with Crippen LogP contribution in [-0.2, 0) is 0 Å². The summed E-state index contributed by atoms with van der Waals surface area (Å²) in [4.78, 5) is 29.8. The van der Waals surface area contributed by atoms with E-state index in [0.29, 0.717) is 13.0 Å². The van der Waals surface area contributed by atoms with Crippen LogP contribution in [0.25, 0.3) is 0 Å². The average molecular weight is 315 g/mol. The number of nitrogens with two attached hydrogens (primary N) is 1. The fourth-order valence-electron chi connectivity index (χ4n) is 2.89. The van der Waals surface area contributed by atoms with Gasteiger partial charge in [0.25, 0.3) is 5.91 Å². The van der Waals surface area contributed by atoms with Crippen LogP contribution in [0.3, 0.4) is 0 Å². The van der Waals surface area contributed by atoms with E-state index in [2.05, 4.69) is 4.98 Å². The molecule has 7 nitrogen and oxygen atoms in total. The molecule has 112 valence electrons. The molecule has 3 rings (SSSR count). The summed E-state index contributed by atoms with van der Waals surface area (Å²) >= 11 is 5.50. The van der Waals surface area contributed by atoms with E-state index >= 15 is 0 Å². The van der Waals surface area contributed by atoms with Gasteiger partial charge in [0.2, 0.25) is 0 Å². The Balaban J connectivity index is 1.80. The summed E-state index contributed by atoms with van der Waals surface area (Å²) in [5.41, 5.74) is 5.17. The van der Waals surface area contributed by atoms with Crippen molar-refractivity contribution in [3.05, 3.63) is 22.7 Å². The van der Waals surface area contributed by atoms with Crippen molar-refractivity contribution >= 4 is 29.3 Å². The third kappa shape index (κ3) is 1.98. The van der Waals surface area contributed by atoms with Gasteiger partial charge in [-0.25, -0.2) is 14.2 Å². The van der Waals surface area contributed by atoms with Crippen molar-refractivity contribution < 1.29 is 19.1 Å². The Morgan fingerprint density at radius 2 is 2.14 bits per heavy atom. The summed E-state index contributed by atoms with van der Waals surface area (Å²) in [6.45, 7) is 0.663. The Morgan fingerprint density at radius 1 is 1.43 bits per heavy atom. The number of hydrogen-bond acceptors (Lipinski definition) is 4. The molecule has 2 fully saturated rings. The Labute approximate surface area is 124 Å². The normalized spacial score (nSPS) is 23.7. The van der Waals surface area contributed by atoms with Crippen molar-refractivity contribution in [2.75, 3.05) is 18.8 Å². The highest BCUT2D eigenvalue weighted by Gasteiger charge is 2.51. The molecule has 0 aromatic carbocycles. The molecule has 1 aromatic rings. The Morgan fingerprint density at radius 3 is 2.81 bits per heavy atom. The van der Waals surface area contributed by atoms with E-state index in [-0.39, 0.29) is 35.0 Å². The molecule has 2 aliphatic heterocycles. The molecule has 2 atom stereocenters. The summed E-state index contributed by atoms with van der Waals surface area (Å²) in [6, 6.07) is -0.385. The second-order valence-corrected chi connectivity index (χ2v) is 5.41. The number of hydrogen-bond donors (Lipinski definition) is 2. The van der Waals surface area contributed by atoms with Gasteiger partial charge in [-0.15, -0.1) is 0 Å². The molecular weight excluding hydrogens is 303 g/mol. The van der Waals surface area contributed by atoms with Crippen molar-refractivity contribution in [2.24, 2.45) is 0 Å². The molecule has 2 amide bonds. The maximum Gasteiger partial charge on any atom is 0.407 e. The third-order valence-corrected chi connectivity index (χ3v) is 4.31. The van der Waals surface area contributed by atoms with Gasteiger partial charge < -0.3 is 20.6 Å². The second-order valence-electron chi connectivity index (χ2n) is 5.05. The Bertz CT molecular complexity index is 641. The number of rotatable bonds is 1. The Hall–Kier alpha value is -2.09. The van der Waals surface area contributed by atoms with Gasteiger partial charge in [0, 0.05) is 19.3 Å². The Kier molecular flexibility index (Phi) is 3.12. The molecule has 0 saturated carbocycles. The summed E-state index contributed by atoms with van der Waals surface area (Å²) in [5, 5.41) is 8.63. The number of amides is 2. The molecule has 9 heteroatoms. The highest BCUT2D eigenvalue weighted by molar-refractivity contribution is 6.30. The van der Waals surface area contributed by atoms with Gasteiger partial charge in [-0.1, -0.05) is 11.6 Å². The number of anilines is 1. The lowest BCUT2D eigenvalue weighted by atomic mass is 9.96. The third-order valence-electron chi connectivity index (χ3n) is 4.05. The minimum Gasteiger partial charge on any atom is -0.465 e. The van der Waals surface area contributed by atoms with Crippen LogP contribution in [0, 0.1) is 5.82 Å². The second kappa shape index (κ2) is 4.73. The molecule has 21 heavy (non-hydrogen) atoms. The van der Waals surface area contributed by atoms with E-state index < -0.39 is 17.8 Å². The SMILES string of the molecule is Nc1c(C(=O)N2C[C@@H]3[C@H]2CCN3C(=O)O)cnc(Cl)c1F. The zero-order valence-corrected chi connectivity index (χ0v) is 11.5. The predicted molar refractivity (Wildman–Crippen MR) is 71.6 cm³/mol. The largest absolute Gasteiger partial charge is 0.465 e. The minimum atomic E-state index is -0.992. The molecule has 2 saturated heterocycles. The van der Waals surface area contributed by atoms with Crippen LogP contribution in [0.4, 0.5) is 14.9 Å². The maximum atomic E-state index is 13.6. The van der Waals surface area contributed by atoms with E-state index in [1.54, 1.807) is 0 Å². The van der Waals surface area contributed by atoms with Crippen molar-refractivity contribution in [2.45, 2.75) is 18.5 Å². The van der Waals surface area contributed by atoms with Crippen LogP contribution >= 0.6 is 11.6 Å². The highest BCUT2D eigenvalue weighted by atomic mass is 35.5. The van der Waals surface area contributed by atoms with Crippen LogP contribution in [0.15, 0.2) is 6.20 Å². The van der Waals surface area contributed by atoms with Gasteiger partial charge in [-0.05, 0) is 6.42 Å². The smallest absolute Gasteiger partial charge is 0.407 e. The molecule has 0 spiro atoms. The van der Waals surface area contributed by atoms with E-state index in [1.165, 1.54) is 9.80 Å². The molecule has 0 unspecified atom stereocenters. The van der Waals surface area contributed by atoms with Crippen LogP contribution in [0.1, 0.15) is 16.8 Å². The number of fused-ring (bicyclic) bond motifs is 1. The first-order valence-corrected chi connectivity index (χ1v) is 6.69. The lowest BCUT2D eigenvalue weighted by Gasteiger charge is -2.46. The number of carboxylic acid groups (broad SMARTS) is 1. The van der Waals surface area contributed by atoms with Crippen LogP contribution in [0.2, 0.25) is 5.15 Å². The van der Waals surface area contributed by atoms with Gasteiger partial charge in [0.05, 0.1) is 23.3 Å². The van der Waals surface area contributed by atoms with Gasteiger partial charge in [0.1, 0.15) is 0 Å². The molecule has 0 radical (unpaired) electrons. The number of carbonyl (C=O) groups excluding carboxylic acids is 1. The van der Waals surface area contributed by atoms with E-state index in [4.69, 9.17) is 22.4 Å². The number of aromatic nitrogens is 1. The van der Waals surface area contributed by atoms with Crippen molar-refractivity contribution in [3.8, 4) is 0 Å². The molecule has 1 aromatic heterocycles. The summed E-state index contributed by atoms with van der Waals surface area (Å²) in [5.74, 6) is -1.37. The predicted octanol–water partition coefficient (Wildman–Crippen LogP) is 1.03. The number of likely N-dealkylation sites (tertiary alicyclic amines) is 2. The summed E-state index contributed by atoms with van der Waals surface area (Å²) in [6.07, 6.45) is 0.709. The first-order chi connectivity index (χ1) is 9.91. The zero-order chi connectivity index (χ0) is 15.3. The summed E-state index contributed by atoms with van der Waals surface area (Å²) < 4.78 is 13.6. The lowest BCUT2D eigenvalue weighted by molar-refractivity contribution is 0.0208. The monoisotopic (exact) mass is 314 g/mol. The number of carbonyl (C=O) groups is 2. The van der Waals surface area contributed by atoms with Crippen LogP contribution < -0.4 is 5.73 Å². The maximum absolute atomic E-state index is 13.6. The highest BCUT2D eigenvalue weighted by Crippen LogP contribution is 2.34. The van der Waals surface area contributed by atoms with Crippen LogP contribution in [-0.4, -0.2) is 57.1 Å². The molecule has 0 bridgehead atoms. The topological polar surface area (TPSA) is 99.8 Å². The quantitative estimate of drug-likeness (QED) is 0.754. The molecule has 0 aliphatic carbocycles. The lowest BCUT2D eigenvalue weighted by Crippen LogP contribution is -2.64. The number of nitrogens with zero attached hydrogens (tertiary/aromatic N) is 3. The number of nitrogen functional groups attached to an aromatic ring is 1. The van der Waals surface area contributed by atoms with Crippen LogP contribution in [0.5, 0.6) is 0 Å². The first kappa shape index (κ1) is 13.9. The standard InChI is InChI=1S/C12H12ClFN4O3/c13-10-8(14)9(15)5(3-16-10)11(19)18-4-7-6(18)1-2-17(7)12(20)21/h3,6-7H,1-2,4H2,(H2,15,16)(H,20,21)/t6-,7-/m1/s1. The minimum absolute atomic E-state index is 0.0517. The molecule has 2 aliphatic rings. The van der Waals surface area contributed by atoms with E-state index in [1.807, 2.05) is 0 Å². The van der Waals surface area contributed by atoms with Gasteiger partial charge in [-0.3, -0.25) is 4.79 Å².